The SMILES string of the molecule is CCc1nnc(NC(=O)c2cc(N)cnc2Cl)nc1CC. The van der Waals surface area contributed by atoms with Crippen molar-refractivity contribution in [3.8, 4) is 0 Å². The van der Waals surface area contributed by atoms with Crippen molar-refractivity contribution in [1.29, 1.82) is 0 Å². The third-order valence-electron chi connectivity index (χ3n) is 2.84. The second-order valence-corrected chi connectivity index (χ2v) is 4.66. The molecule has 2 heterocycles. The molecular formula is C13H15ClN6O. The summed E-state index contributed by atoms with van der Waals surface area (Å²) in [6.45, 7) is 3.94. The summed E-state index contributed by atoms with van der Waals surface area (Å²) in [6, 6.07) is 1.44. The quantitative estimate of drug-likeness (QED) is 0.835. The van der Waals surface area contributed by atoms with Gasteiger partial charge in [-0.1, -0.05) is 25.4 Å². The summed E-state index contributed by atoms with van der Waals surface area (Å²) in [6.07, 6.45) is 2.83. The Morgan fingerprint density at radius 2 is 2.00 bits per heavy atom. The fourth-order valence-electron chi connectivity index (χ4n) is 1.78. The number of hydrogen-bond acceptors (Lipinski definition) is 6. The van der Waals surface area contributed by atoms with Gasteiger partial charge in [-0.3, -0.25) is 10.1 Å². The van der Waals surface area contributed by atoms with Gasteiger partial charge in [0, 0.05) is 0 Å². The molecule has 0 aliphatic rings. The number of halogens is 1. The lowest BCUT2D eigenvalue weighted by Gasteiger charge is -2.08. The first kappa shape index (κ1) is 15.1. The van der Waals surface area contributed by atoms with E-state index in [4.69, 9.17) is 17.3 Å². The van der Waals surface area contributed by atoms with Crippen molar-refractivity contribution in [3.63, 3.8) is 0 Å². The highest BCUT2D eigenvalue weighted by Crippen LogP contribution is 2.17. The van der Waals surface area contributed by atoms with E-state index in [0.29, 0.717) is 12.1 Å². The van der Waals surface area contributed by atoms with Crippen molar-refractivity contribution in [2.45, 2.75) is 26.7 Å². The highest BCUT2D eigenvalue weighted by atomic mass is 35.5. The number of nitrogens with one attached hydrogen (secondary N) is 1. The van der Waals surface area contributed by atoms with Gasteiger partial charge in [0.2, 0.25) is 5.95 Å². The standard InChI is InChI=1S/C13H15ClN6O/c1-3-9-10(4-2)19-20-13(17-9)18-12(21)8-5-7(15)6-16-11(8)14/h5-6H,3-4,15H2,1-2H3,(H,17,18,20,21). The maximum atomic E-state index is 12.1. The van der Waals surface area contributed by atoms with Crippen LogP contribution in [0, 0.1) is 0 Å². The normalized spacial score (nSPS) is 10.4. The molecule has 0 spiro atoms. The average molecular weight is 307 g/mol. The van der Waals surface area contributed by atoms with Crippen LogP contribution in [-0.2, 0) is 12.8 Å². The third-order valence-corrected chi connectivity index (χ3v) is 3.14. The van der Waals surface area contributed by atoms with Crippen LogP contribution in [0.1, 0.15) is 35.6 Å². The molecule has 7 nitrogen and oxygen atoms in total. The average Bonchev–Trinajstić information content (AvgIpc) is 2.49. The summed E-state index contributed by atoms with van der Waals surface area (Å²) in [4.78, 5) is 20.2. The predicted molar refractivity (Wildman–Crippen MR) is 80.2 cm³/mol. The third kappa shape index (κ3) is 3.43. The number of aryl methyl sites for hydroxylation is 2. The maximum absolute atomic E-state index is 12.1. The van der Waals surface area contributed by atoms with Crippen LogP contribution in [-0.4, -0.2) is 26.1 Å². The molecule has 0 saturated carbocycles. The molecule has 2 aromatic heterocycles. The second kappa shape index (κ2) is 6.45. The van der Waals surface area contributed by atoms with E-state index in [9.17, 15) is 4.79 Å². The molecule has 0 fully saturated rings. The van der Waals surface area contributed by atoms with E-state index in [-0.39, 0.29) is 16.7 Å². The van der Waals surface area contributed by atoms with Crippen LogP contribution in [0.5, 0.6) is 0 Å². The highest BCUT2D eigenvalue weighted by Gasteiger charge is 2.15. The van der Waals surface area contributed by atoms with Gasteiger partial charge in [0.05, 0.1) is 28.8 Å². The smallest absolute Gasteiger partial charge is 0.261 e. The number of nitrogens with two attached hydrogens (primary N) is 1. The Morgan fingerprint density at radius 3 is 2.67 bits per heavy atom. The van der Waals surface area contributed by atoms with Gasteiger partial charge in [0.15, 0.2) is 0 Å². The first-order valence-electron chi connectivity index (χ1n) is 6.50. The summed E-state index contributed by atoms with van der Waals surface area (Å²) in [5.41, 5.74) is 7.73. The molecule has 0 unspecified atom stereocenters. The summed E-state index contributed by atoms with van der Waals surface area (Å²) in [5, 5.41) is 10.6. The number of carbonyl (C=O) groups excluding carboxylic acids is 1. The van der Waals surface area contributed by atoms with E-state index in [1.165, 1.54) is 12.3 Å². The Labute approximate surface area is 127 Å². The first-order chi connectivity index (χ1) is 10.0. The van der Waals surface area contributed by atoms with E-state index >= 15 is 0 Å². The lowest BCUT2D eigenvalue weighted by Crippen LogP contribution is -2.17. The lowest BCUT2D eigenvalue weighted by molar-refractivity contribution is 0.102. The molecule has 1 amide bonds. The highest BCUT2D eigenvalue weighted by molar-refractivity contribution is 6.33. The minimum Gasteiger partial charge on any atom is -0.397 e. The van der Waals surface area contributed by atoms with Crippen LogP contribution in [0.2, 0.25) is 5.15 Å². The van der Waals surface area contributed by atoms with Gasteiger partial charge in [-0.05, 0) is 18.9 Å². The lowest BCUT2D eigenvalue weighted by atomic mass is 10.2. The Hall–Kier alpha value is -2.28. The van der Waals surface area contributed by atoms with Crippen molar-refractivity contribution in [2.75, 3.05) is 11.1 Å². The van der Waals surface area contributed by atoms with Crippen molar-refractivity contribution in [1.82, 2.24) is 20.2 Å². The van der Waals surface area contributed by atoms with E-state index in [0.717, 1.165) is 17.8 Å². The number of nitrogens with zero attached hydrogens (tertiary/aromatic N) is 4. The van der Waals surface area contributed by atoms with Crippen LogP contribution in [0.15, 0.2) is 12.3 Å². The van der Waals surface area contributed by atoms with E-state index in [1.54, 1.807) is 0 Å². The molecule has 110 valence electrons. The monoisotopic (exact) mass is 306 g/mol. The minimum absolute atomic E-state index is 0.0653. The zero-order valence-electron chi connectivity index (χ0n) is 11.7. The fraction of sp³-hybridized carbons (Fsp3) is 0.308. The van der Waals surface area contributed by atoms with E-state index < -0.39 is 5.91 Å². The van der Waals surface area contributed by atoms with Gasteiger partial charge in [-0.25, -0.2) is 9.97 Å². The molecular weight excluding hydrogens is 292 g/mol. The Bertz CT molecular complexity index is 676. The first-order valence-corrected chi connectivity index (χ1v) is 6.87. The van der Waals surface area contributed by atoms with Crippen molar-refractivity contribution in [3.05, 3.63) is 34.4 Å². The van der Waals surface area contributed by atoms with E-state index in [2.05, 4.69) is 25.5 Å². The number of carbonyl (C=O) groups is 1. The number of pyridine rings is 1. The van der Waals surface area contributed by atoms with E-state index in [1.807, 2.05) is 13.8 Å². The summed E-state index contributed by atoms with van der Waals surface area (Å²) >= 11 is 5.88. The molecule has 0 aliphatic heterocycles. The van der Waals surface area contributed by atoms with Gasteiger partial charge in [0.1, 0.15) is 5.15 Å². The zero-order valence-corrected chi connectivity index (χ0v) is 12.5. The summed E-state index contributed by atoms with van der Waals surface area (Å²) in [7, 11) is 0. The number of anilines is 2. The summed E-state index contributed by atoms with van der Waals surface area (Å²) < 4.78 is 0. The van der Waals surface area contributed by atoms with Crippen LogP contribution >= 0.6 is 11.6 Å². The molecule has 0 radical (unpaired) electrons. The van der Waals surface area contributed by atoms with Gasteiger partial charge in [0.25, 0.3) is 5.91 Å². The zero-order chi connectivity index (χ0) is 15.4. The molecule has 3 N–H and O–H groups in total. The van der Waals surface area contributed by atoms with Crippen LogP contribution in [0.25, 0.3) is 0 Å². The Balaban J connectivity index is 2.25. The Kier molecular flexibility index (Phi) is 4.64. The molecule has 0 bridgehead atoms. The maximum Gasteiger partial charge on any atom is 0.261 e. The molecule has 0 aliphatic carbocycles. The molecule has 2 aromatic rings. The molecule has 0 saturated heterocycles. The van der Waals surface area contributed by atoms with Crippen LogP contribution in [0.4, 0.5) is 11.6 Å². The molecule has 0 atom stereocenters. The van der Waals surface area contributed by atoms with Gasteiger partial charge in [-0.15, -0.1) is 10.2 Å². The molecule has 21 heavy (non-hydrogen) atoms. The minimum atomic E-state index is -0.479. The molecule has 8 heteroatoms. The summed E-state index contributed by atoms with van der Waals surface area (Å²) in [5.74, 6) is -0.347. The van der Waals surface area contributed by atoms with Gasteiger partial charge < -0.3 is 5.73 Å². The largest absolute Gasteiger partial charge is 0.397 e. The van der Waals surface area contributed by atoms with Crippen molar-refractivity contribution in [2.24, 2.45) is 0 Å². The fourth-order valence-corrected chi connectivity index (χ4v) is 1.97. The number of rotatable bonds is 4. The molecule has 2 rings (SSSR count). The number of nitrogen functional groups attached to an aromatic ring is 1. The van der Waals surface area contributed by atoms with Crippen molar-refractivity contribution < 1.29 is 4.79 Å². The second-order valence-electron chi connectivity index (χ2n) is 4.30. The molecule has 0 aromatic carbocycles. The van der Waals surface area contributed by atoms with Gasteiger partial charge >= 0.3 is 0 Å². The Morgan fingerprint density at radius 1 is 1.29 bits per heavy atom. The van der Waals surface area contributed by atoms with Crippen LogP contribution < -0.4 is 11.1 Å². The number of aromatic nitrogens is 4. The number of amides is 1. The van der Waals surface area contributed by atoms with Crippen LogP contribution in [0.3, 0.4) is 0 Å². The van der Waals surface area contributed by atoms with Gasteiger partial charge in [-0.2, -0.15) is 0 Å². The number of hydrogen-bond donors (Lipinski definition) is 2. The van der Waals surface area contributed by atoms with Crippen molar-refractivity contribution >= 4 is 29.1 Å². The predicted octanol–water partition coefficient (Wildman–Crippen LogP) is 1.88. The topological polar surface area (TPSA) is 107 Å².